The van der Waals surface area contributed by atoms with Gasteiger partial charge in [0.2, 0.25) is 11.8 Å². The van der Waals surface area contributed by atoms with Gasteiger partial charge in [0.1, 0.15) is 28.9 Å². The van der Waals surface area contributed by atoms with Crippen LogP contribution in [0.2, 0.25) is 0 Å². The molecule has 3 saturated heterocycles. The van der Waals surface area contributed by atoms with Gasteiger partial charge in [-0.05, 0) is 68.6 Å². The zero-order valence-corrected chi connectivity index (χ0v) is 27.2. The first-order valence-corrected chi connectivity index (χ1v) is 16.6. The molecule has 5 atom stereocenters. The molecule has 3 aromatic heterocycles. The molecule has 2 aromatic carbocycles. The summed E-state index contributed by atoms with van der Waals surface area (Å²) in [5.74, 6) is 0.941. The Morgan fingerprint density at radius 3 is 2.74 bits per heavy atom. The second-order valence-electron chi connectivity index (χ2n) is 13.7. The predicted octanol–water partition coefficient (Wildman–Crippen LogP) is 5.06. The lowest BCUT2D eigenvalue weighted by Crippen LogP contribution is -2.39. The van der Waals surface area contributed by atoms with E-state index in [1.54, 1.807) is 37.3 Å². The van der Waals surface area contributed by atoms with Gasteiger partial charge in [-0.2, -0.15) is 0 Å². The molecule has 2 N–H and O–H groups in total. The SMILES string of the molecule is C[C@H](Oc1nc2c(F)c(-c3cc(O)cc4ccccc34)ncc2c2c1nc(CCC(=O)N(C)C)n2C1C2CNC1C2)[C@@H]1CCCN1C. The highest BCUT2D eigenvalue weighted by atomic mass is 19.1. The molecule has 244 valence electrons. The Bertz CT molecular complexity index is 2030. The molecule has 0 radical (unpaired) electrons. The van der Waals surface area contributed by atoms with Crippen LogP contribution < -0.4 is 10.1 Å². The molecular weight excluding hydrogens is 597 g/mol. The number of likely N-dealkylation sites (N-methyl/N-ethyl adjacent to an activating group) is 1. The normalized spacial score (nSPS) is 23.1. The number of amides is 1. The maximum absolute atomic E-state index is 17.0. The number of benzene rings is 2. The molecule has 3 aliphatic heterocycles. The number of hydrogen-bond acceptors (Lipinski definition) is 8. The van der Waals surface area contributed by atoms with Gasteiger partial charge in [0, 0.05) is 62.7 Å². The number of ether oxygens (including phenoxy) is 1. The molecule has 9 rings (SSSR count). The molecule has 4 aliphatic rings. The van der Waals surface area contributed by atoms with E-state index < -0.39 is 5.82 Å². The lowest BCUT2D eigenvalue weighted by Gasteiger charge is -2.37. The van der Waals surface area contributed by atoms with Crippen molar-refractivity contribution in [2.75, 3.05) is 34.2 Å². The van der Waals surface area contributed by atoms with Crippen molar-refractivity contribution in [2.45, 2.75) is 63.3 Å². The fourth-order valence-corrected chi connectivity index (χ4v) is 8.12. The number of nitrogens with one attached hydrogen (secondary N) is 1. The van der Waals surface area contributed by atoms with Crippen LogP contribution >= 0.6 is 0 Å². The van der Waals surface area contributed by atoms with E-state index in [4.69, 9.17) is 19.7 Å². The third-order valence-corrected chi connectivity index (χ3v) is 10.6. The van der Waals surface area contributed by atoms with Crippen molar-refractivity contribution in [1.82, 2.24) is 34.6 Å². The largest absolute Gasteiger partial charge is 0.508 e. The number of nitrogens with zero attached hydrogens (tertiary/aromatic N) is 6. The highest BCUT2D eigenvalue weighted by Crippen LogP contribution is 2.48. The molecule has 47 heavy (non-hydrogen) atoms. The second-order valence-corrected chi connectivity index (χ2v) is 13.7. The van der Waals surface area contributed by atoms with E-state index in [1.807, 2.05) is 31.2 Å². The summed E-state index contributed by atoms with van der Waals surface area (Å²) in [7, 11) is 5.62. The Hall–Kier alpha value is -4.35. The number of fused-ring (bicyclic) bond motifs is 5. The van der Waals surface area contributed by atoms with E-state index in [0.29, 0.717) is 35.2 Å². The zero-order chi connectivity index (χ0) is 32.6. The molecular formula is C36H40FN7O3. The number of rotatable bonds is 8. The third kappa shape index (κ3) is 4.90. The lowest BCUT2D eigenvalue weighted by molar-refractivity contribution is -0.128. The number of carbonyl (C=O) groups is 1. The smallest absolute Gasteiger partial charge is 0.243 e. The van der Waals surface area contributed by atoms with E-state index in [1.165, 1.54) is 0 Å². The number of hydrogen-bond donors (Lipinski definition) is 2. The first kappa shape index (κ1) is 30.0. The highest BCUT2D eigenvalue weighted by Gasteiger charge is 2.49. The Morgan fingerprint density at radius 1 is 1.19 bits per heavy atom. The molecule has 11 heteroatoms. The van der Waals surface area contributed by atoms with Crippen molar-refractivity contribution in [1.29, 1.82) is 0 Å². The van der Waals surface area contributed by atoms with Crippen molar-refractivity contribution >= 4 is 38.6 Å². The molecule has 1 saturated carbocycles. The van der Waals surface area contributed by atoms with Gasteiger partial charge < -0.3 is 24.6 Å². The maximum atomic E-state index is 17.0. The van der Waals surface area contributed by atoms with E-state index in [2.05, 4.69) is 21.8 Å². The number of likely N-dealkylation sites (tertiary alicyclic amines) is 1. The van der Waals surface area contributed by atoms with Gasteiger partial charge >= 0.3 is 0 Å². The third-order valence-electron chi connectivity index (χ3n) is 10.6. The fourth-order valence-electron chi connectivity index (χ4n) is 8.12. The fraction of sp³-hybridized carbons (Fsp3) is 0.444. The quantitative estimate of drug-likeness (QED) is 0.243. The predicted molar refractivity (Wildman–Crippen MR) is 179 cm³/mol. The van der Waals surface area contributed by atoms with Gasteiger partial charge in [0.25, 0.3) is 0 Å². The summed E-state index contributed by atoms with van der Waals surface area (Å²) < 4.78 is 25.9. The maximum Gasteiger partial charge on any atom is 0.243 e. The Kier molecular flexibility index (Phi) is 7.29. The average Bonchev–Trinajstić information content (AvgIpc) is 3.85. The summed E-state index contributed by atoms with van der Waals surface area (Å²) in [6.07, 6.45) is 5.38. The number of phenols is 1. The van der Waals surface area contributed by atoms with Gasteiger partial charge in [-0.15, -0.1) is 0 Å². The van der Waals surface area contributed by atoms with Crippen LogP contribution in [0, 0.1) is 11.7 Å². The summed E-state index contributed by atoms with van der Waals surface area (Å²) in [5, 5.41) is 16.3. The minimum atomic E-state index is -0.581. The first-order chi connectivity index (χ1) is 22.7. The number of phenolic OH excluding ortho intramolecular Hbond substituents is 1. The molecule has 4 fully saturated rings. The molecule has 0 spiro atoms. The van der Waals surface area contributed by atoms with E-state index in [-0.39, 0.29) is 53.0 Å². The van der Waals surface area contributed by atoms with Crippen LogP contribution in [0.25, 0.3) is 44.0 Å². The number of aromatic nitrogens is 4. The van der Waals surface area contributed by atoms with Gasteiger partial charge in [0.15, 0.2) is 11.3 Å². The molecule has 2 bridgehead atoms. The van der Waals surface area contributed by atoms with E-state index in [9.17, 15) is 9.90 Å². The van der Waals surface area contributed by atoms with Crippen LogP contribution in [-0.2, 0) is 11.2 Å². The van der Waals surface area contributed by atoms with Gasteiger partial charge in [0.05, 0.1) is 11.6 Å². The van der Waals surface area contributed by atoms with Gasteiger partial charge in [-0.25, -0.2) is 14.4 Å². The Labute approximate surface area is 272 Å². The minimum absolute atomic E-state index is 0.0198. The molecule has 1 aliphatic carbocycles. The van der Waals surface area contributed by atoms with Crippen LogP contribution in [0.5, 0.6) is 11.6 Å². The summed E-state index contributed by atoms with van der Waals surface area (Å²) in [6, 6.07) is 11.4. The van der Waals surface area contributed by atoms with E-state index >= 15 is 4.39 Å². The van der Waals surface area contributed by atoms with Crippen molar-refractivity contribution in [3.63, 3.8) is 0 Å². The van der Waals surface area contributed by atoms with Crippen LogP contribution in [-0.4, -0.2) is 92.8 Å². The van der Waals surface area contributed by atoms with Crippen LogP contribution in [0.3, 0.4) is 0 Å². The zero-order valence-electron chi connectivity index (χ0n) is 27.2. The van der Waals surface area contributed by atoms with Crippen molar-refractivity contribution in [3.8, 4) is 22.9 Å². The second kappa shape index (κ2) is 11.4. The molecule has 1 amide bonds. The number of aromatic hydroxyl groups is 1. The number of halogens is 1. The molecule has 5 aromatic rings. The number of imidazole rings is 1. The average molecular weight is 638 g/mol. The van der Waals surface area contributed by atoms with Crippen molar-refractivity contribution < 1.29 is 19.0 Å². The topological polar surface area (TPSA) is 109 Å². The van der Waals surface area contributed by atoms with Gasteiger partial charge in [-0.3, -0.25) is 14.7 Å². The van der Waals surface area contributed by atoms with Crippen molar-refractivity contribution in [3.05, 3.63) is 54.2 Å². The van der Waals surface area contributed by atoms with Crippen LogP contribution in [0.4, 0.5) is 4.39 Å². The first-order valence-electron chi connectivity index (χ1n) is 16.6. The lowest BCUT2D eigenvalue weighted by atomic mass is 9.79. The molecule has 3 unspecified atom stereocenters. The number of aryl methyl sites for hydroxylation is 1. The van der Waals surface area contributed by atoms with Crippen LogP contribution in [0.1, 0.15) is 44.5 Å². The minimum Gasteiger partial charge on any atom is -0.508 e. The van der Waals surface area contributed by atoms with Gasteiger partial charge in [-0.1, -0.05) is 24.3 Å². The van der Waals surface area contributed by atoms with Crippen molar-refractivity contribution in [2.24, 2.45) is 5.92 Å². The van der Waals surface area contributed by atoms with Crippen LogP contribution in [0.15, 0.2) is 42.6 Å². The summed E-state index contributed by atoms with van der Waals surface area (Å²) in [4.78, 5) is 31.3. The molecule has 6 heterocycles. The Morgan fingerprint density at radius 2 is 2.02 bits per heavy atom. The monoisotopic (exact) mass is 637 g/mol. The number of carbonyl (C=O) groups excluding carboxylic acids is 1. The Balaban J connectivity index is 1.36. The highest BCUT2D eigenvalue weighted by molar-refractivity contribution is 6.06. The van der Waals surface area contributed by atoms with E-state index in [0.717, 1.165) is 54.5 Å². The molecule has 10 nitrogen and oxygen atoms in total. The summed E-state index contributed by atoms with van der Waals surface area (Å²) in [5.41, 5.74) is 2.06. The summed E-state index contributed by atoms with van der Waals surface area (Å²) >= 11 is 0. The standard InChI is InChI=1S/C36H40FN7O3/c1-19(27-10-7-13-43(27)4)47-36-33-35(44(34-21-15-26(34)38-17-21)28(40-33)11-12-29(46)42(2)3)25-18-39-31(30(37)32(25)41-36)24-16-22(45)14-20-8-5-6-9-23(20)24/h5-6,8-9,14,16,18-19,21,26-27,34,38,45H,7,10-13,15,17H2,1-4H3/t19-,21?,26?,27-,34?/m0/s1. The summed E-state index contributed by atoms with van der Waals surface area (Å²) in [6.45, 7) is 3.95. The number of pyridine rings is 2.